The number of Topliss-reactive ketones (excluding diaryl/α,β-unsaturated/α-hetero) is 1. The standard InChI is InChI=1S/C19H25N3O4S/c1-14-12-18(15(2)20-14)19(23)13-21-8-10-22(11-9-21)27(24,25)17-6-4-16(26-3)5-7-17/h4-7,12,20H,8-11,13H2,1-3H3. The highest BCUT2D eigenvalue weighted by atomic mass is 32.2. The molecule has 1 aromatic heterocycles. The molecule has 0 radical (unpaired) electrons. The summed E-state index contributed by atoms with van der Waals surface area (Å²) in [7, 11) is -1.99. The van der Waals surface area contributed by atoms with Gasteiger partial charge in [-0.25, -0.2) is 8.42 Å². The molecule has 0 atom stereocenters. The molecule has 7 nitrogen and oxygen atoms in total. The predicted molar refractivity (Wildman–Crippen MR) is 103 cm³/mol. The van der Waals surface area contributed by atoms with Gasteiger partial charge in [-0.3, -0.25) is 9.69 Å². The van der Waals surface area contributed by atoms with Crippen molar-refractivity contribution in [1.82, 2.24) is 14.2 Å². The first-order valence-electron chi connectivity index (χ1n) is 8.87. The quantitative estimate of drug-likeness (QED) is 0.760. The first-order chi connectivity index (χ1) is 12.8. The van der Waals surface area contributed by atoms with E-state index in [9.17, 15) is 13.2 Å². The Morgan fingerprint density at radius 2 is 1.74 bits per heavy atom. The second kappa shape index (κ2) is 7.84. The lowest BCUT2D eigenvalue weighted by atomic mass is 10.1. The van der Waals surface area contributed by atoms with Crippen molar-refractivity contribution in [2.75, 3.05) is 39.8 Å². The second-order valence-electron chi connectivity index (χ2n) is 6.77. The molecule has 0 unspecified atom stereocenters. The van der Waals surface area contributed by atoms with Gasteiger partial charge in [0, 0.05) is 43.1 Å². The van der Waals surface area contributed by atoms with Gasteiger partial charge < -0.3 is 9.72 Å². The average molecular weight is 391 g/mol. The summed E-state index contributed by atoms with van der Waals surface area (Å²) >= 11 is 0. The SMILES string of the molecule is COc1ccc(S(=O)(=O)N2CCN(CC(=O)c3cc(C)[nH]c3C)CC2)cc1. The number of hydrogen-bond donors (Lipinski definition) is 1. The molecule has 0 aliphatic carbocycles. The van der Waals surface area contributed by atoms with E-state index >= 15 is 0 Å². The van der Waals surface area contributed by atoms with Crippen molar-refractivity contribution in [2.45, 2.75) is 18.7 Å². The van der Waals surface area contributed by atoms with Gasteiger partial charge in [0.25, 0.3) is 0 Å². The molecule has 1 aliphatic heterocycles. The topological polar surface area (TPSA) is 82.7 Å². The van der Waals surface area contributed by atoms with E-state index in [-0.39, 0.29) is 10.7 Å². The predicted octanol–water partition coefficient (Wildman–Crippen LogP) is 1.83. The summed E-state index contributed by atoms with van der Waals surface area (Å²) in [5, 5.41) is 0. The van der Waals surface area contributed by atoms with E-state index in [1.807, 2.05) is 24.8 Å². The van der Waals surface area contributed by atoms with Crippen LogP contribution in [0.15, 0.2) is 35.2 Å². The number of ketones is 1. The molecule has 0 spiro atoms. The van der Waals surface area contributed by atoms with Crippen molar-refractivity contribution in [1.29, 1.82) is 0 Å². The molecule has 27 heavy (non-hydrogen) atoms. The van der Waals surface area contributed by atoms with Crippen LogP contribution in [0.2, 0.25) is 0 Å². The molecule has 0 saturated carbocycles. The van der Waals surface area contributed by atoms with E-state index in [4.69, 9.17) is 4.74 Å². The van der Waals surface area contributed by atoms with Crippen molar-refractivity contribution in [3.8, 4) is 5.75 Å². The average Bonchev–Trinajstić information content (AvgIpc) is 3.00. The molecule has 2 aromatic rings. The number of aryl methyl sites for hydroxylation is 2. The van der Waals surface area contributed by atoms with Gasteiger partial charge >= 0.3 is 0 Å². The highest BCUT2D eigenvalue weighted by Crippen LogP contribution is 2.21. The largest absolute Gasteiger partial charge is 0.497 e. The van der Waals surface area contributed by atoms with Crippen LogP contribution < -0.4 is 4.74 Å². The zero-order valence-corrected chi connectivity index (χ0v) is 16.7. The number of carbonyl (C=O) groups excluding carboxylic acids is 1. The van der Waals surface area contributed by atoms with E-state index in [0.29, 0.717) is 44.0 Å². The molecule has 1 fully saturated rings. The van der Waals surface area contributed by atoms with Crippen LogP contribution in [0, 0.1) is 13.8 Å². The monoisotopic (exact) mass is 391 g/mol. The fourth-order valence-electron chi connectivity index (χ4n) is 3.33. The van der Waals surface area contributed by atoms with Gasteiger partial charge in [-0.2, -0.15) is 4.31 Å². The Kier molecular flexibility index (Phi) is 5.69. The maximum atomic E-state index is 12.8. The van der Waals surface area contributed by atoms with Crippen molar-refractivity contribution in [2.24, 2.45) is 0 Å². The van der Waals surface area contributed by atoms with Crippen LogP contribution in [0.3, 0.4) is 0 Å². The molecule has 1 saturated heterocycles. The third-order valence-electron chi connectivity index (χ3n) is 4.85. The number of piperazine rings is 1. The lowest BCUT2D eigenvalue weighted by Crippen LogP contribution is -2.49. The molecular weight excluding hydrogens is 366 g/mol. The number of nitrogens with one attached hydrogen (secondary N) is 1. The minimum Gasteiger partial charge on any atom is -0.497 e. The van der Waals surface area contributed by atoms with Crippen LogP contribution in [0.5, 0.6) is 5.75 Å². The Hall–Kier alpha value is -2.16. The number of ether oxygens (including phenoxy) is 1. The first kappa shape index (κ1) is 19.6. The molecule has 1 N–H and O–H groups in total. The summed E-state index contributed by atoms with van der Waals surface area (Å²) in [6.45, 7) is 5.91. The fraction of sp³-hybridized carbons (Fsp3) is 0.421. The summed E-state index contributed by atoms with van der Waals surface area (Å²) in [6, 6.07) is 8.26. The Morgan fingerprint density at radius 1 is 1.11 bits per heavy atom. The van der Waals surface area contributed by atoms with E-state index in [2.05, 4.69) is 4.98 Å². The lowest BCUT2D eigenvalue weighted by molar-refractivity contribution is 0.0901. The van der Waals surface area contributed by atoms with E-state index < -0.39 is 10.0 Å². The number of aromatic nitrogens is 1. The number of carbonyl (C=O) groups is 1. The maximum absolute atomic E-state index is 12.8. The summed E-state index contributed by atoms with van der Waals surface area (Å²) in [4.78, 5) is 17.9. The number of benzene rings is 1. The normalized spacial score (nSPS) is 16.4. The molecule has 0 amide bonds. The molecule has 0 bridgehead atoms. The summed E-state index contributed by atoms with van der Waals surface area (Å²) < 4.78 is 32.1. The minimum absolute atomic E-state index is 0.0586. The Bertz CT molecular complexity index is 911. The highest BCUT2D eigenvalue weighted by Gasteiger charge is 2.29. The third-order valence-corrected chi connectivity index (χ3v) is 6.76. The minimum atomic E-state index is -3.53. The number of H-pyrrole nitrogens is 1. The van der Waals surface area contributed by atoms with Crippen molar-refractivity contribution >= 4 is 15.8 Å². The fourth-order valence-corrected chi connectivity index (χ4v) is 4.75. The first-order valence-corrected chi connectivity index (χ1v) is 10.3. The van der Waals surface area contributed by atoms with E-state index in [1.165, 1.54) is 4.31 Å². The van der Waals surface area contributed by atoms with Gasteiger partial charge in [0.1, 0.15) is 5.75 Å². The molecule has 1 aliphatic rings. The van der Waals surface area contributed by atoms with Gasteiger partial charge in [-0.1, -0.05) is 0 Å². The van der Waals surface area contributed by atoms with Crippen LogP contribution in [-0.4, -0.2) is 68.2 Å². The van der Waals surface area contributed by atoms with Crippen molar-refractivity contribution < 1.29 is 17.9 Å². The summed E-state index contributed by atoms with van der Waals surface area (Å²) in [5.74, 6) is 0.677. The van der Waals surface area contributed by atoms with Gasteiger partial charge in [0.2, 0.25) is 10.0 Å². The summed E-state index contributed by atoms with van der Waals surface area (Å²) in [6.07, 6.45) is 0. The molecule has 146 valence electrons. The van der Waals surface area contributed by atoms with Crippen LogP contribution in [0.1, 0.15) is 21.7 Å². The number of sulfonamides is 1. The number of methoxy groups -OCH3 is 1. The number of hydrogen-bond acceptors (Lipinski definition) is 5. The molecule has 8 heteroatoms. The molecule has 1 aromatic carbocycles. The van der Waals surface area contributed by atoms with Crippen molar-refractivity contribution in [3.63, 3.8) is 0 Å². The van der Waals surface area contributed by atoms with Gasteiger partial charge in [0.15, 0.2) is 5.78 Å². The number of aromatic amines is 1. The van der Waals surface area contributed by atoms with E-state index in [1.54, 1.807) is 31.4 Å². The number of nitrogens with zero attached hydrogens (tertiary/aromatic N) is 2. The molecule has 3 rings (SSSR count). The van der Waals surface area contributed by atoms with Crippen LogP contribution in [0.4, 0.5) is 0 Å². The second-order valence-corrected chi connectivity index (χ2v) is 8.71. The van der Waals surface area contributed by atoms with Gasteiger partial charge in [-0.15, -0.1) is 0 Å². The third kappa shape index (κ3) is 4.23. The van der Waals surface area contributed by atoms with Crippen LogP contribution in [-0.2, 0) is 10.0 Å². The zero-order chi connectivity index (χ0) is 19.6. The number of rotatable bonds is 6. The highest BCUT2D eigenvalue weighted by molar-refractivity contribution is 7.89. The molecular formula is C19H25N3O4S. The van der Waals surface area contributed by atoms with Gasteiger partial charge in [-0.05, 0) is 44.2 Å². The smallest absolute Gasteiger partial charge is 0.243 e. The summed E-state index contributed by atoms with van der Waals surface area (Å²) in [5.41, 5.74) is 2.55. The Morgan fingerprint density at radius 3 is 2.26 bits per heavy atom. The maximum Gasteiger partial charge on any atom is 0.243 e. The van der Waals surface area contributed by atoms with Gasteiger partial charge in [0.05, 0.1) is 18.6 Å². The van der Waals surface area contributed by atoms with Crippen LogP contribution >= 0.6 is 0 Å². The lowest BCUT2D eigenvalue weighted by Gasteiger charge is -2.33. The van der Waals surface area contributed by atoms with E-state index in [0.717, 1.165) is 11.4 Å². The zero-order valence-electron chi connectivity index (χ0n) is 15.9. The Labute approximate surface area is 160 Å². The Balaban J connectivity index is 1.61. The van der Waals surface area contributed by atoms with Crippen molar-refractivity contribution in [3.05, 3.63) is 47.3 Å². The molecule has 2 heterocycles. The van der Waals surface area contributed by atoms with Crippen LogP contribution in [0.25, 0.3) is 0 Å².